The zero-order valence-corrected chi connectivity index (χ0v) is 61.4. The van der Waals surface area contributed by atoms with Gasteiger partial charge in [0, 0.05) is 55.5 Å². The summed E-state index contributed by atoms with van der Waals surface area (Å²) >= 11 is 0. The molecule has 6 aromatic carbocycles. The van der Waals surface area contributed by atoms with Crippen LogP contribution in [-0.4, -0.2) is 155 Å². The lowest BCUT2D eigenvalue weighted by atomic mass is 9.44. The van der Waals surface area contributed by atoms with Gasteiger partial charge in [0.15, 0.2) is 17.5 Å². The Labute approximate surface area is 629 Å². The molecule has 2 saturated carbocycles. The maximum Gasteiger partial charge on any atom is 0.509 e. The largest absolute Gasteiger partial charge is 0.509 e. The second kappa shape index (κ2) is 34.8. The molecule has 28 nitrogen and oxygen atoms in total. The number of carbonyl (C=O) groups is 11. The number of ether oxygens (including phenoxy) is 8. The van der Waals surface area contributed by atoms with Crippen LogP contribution in [0.4, 0.5) is 21.0 Å². The molecule has 0 aromatic heterocycles. The first kappa shape index (κ1) is 80.4. The van der Waals surface area contributed by atoms with Gasteiger partial charge < -0.3 is 80.8 Å². The summed E-state index contributed by atoms with van der Waals surface area (Å²) in [7, 11) is 0. The van der Waals surface area contributed by atoms with E-state index in [1.165, 1.54) is 83.1 Å². The van der Waals surface area contributed by atoms with Gasteiger partial charge in [-0.05, 0) is 129 Å². The Morgan fingerprint density at radius 1 is 0.642 bits per heavy atom. The molecule has 576 valence electrons. The van der Waals surface area contributed by atoms with Crippen molar-refractivity contribution in [3.8, 4) is 0 Å². The lowest BCUT2D eigenvalue weighted by molar-refractivity contribution is -0.346. The Kier molecular flexibility index (Phi) is 25.7. The fraction of sp³-hybridized carbons (Fsp3) is 0.395. The number of unbranched alkanes of at least 4 members (excludes halogenated alkanes) is 1. The van der Waals surface area contributed by atoms with Gasteiger partial charge in [0.1, 0.15) is 55.3 Å². The minimum Gasteiger partial charge on any atom is -0.455 e. The van der Waals surface area contributed by atoms with E-state index in [1.54, 1.807) is 91.0 Å². The van der Waals surface area contributed by atoms with E-state index >= 15 is 9.59 Å². The predicted octanol–water partition coefficient (Wildman–Crippen LogP) is 7.47. The van der Waals surface area contributed by atoms with Gasteiger partial charge in [0.25, 0.3) is 5.91 Å². The highest BCUT2D eigenvalue weighted by molar-refractivity contribution is 5.99. The number of esters is 4. The number of rotatable bonds is 28. The van der Waals surface area contributed by atoms with Crippen LogP contribution in [0, 0.1) is 16.7 Å². The van der Waals surface area contributed by atoms with Crippen LogP contribution in [0.5, 0.6) is 0 Å². The first-order valence-corrected chi connectivity index (χ1v) is 35.9. The van der Waals surface area contributed by atoms with Crippen LogP contribution in [0.15, 0.2) is 181 Å². The summed E-state index contributed by atoms with van der Waals surface area (Å²) in [6.45, 7) is 8.83. The van der Waals surface area contributed by atoms with Crippen LogP contribution in [0.25, 0.3) is 0 Å². The van der Waals surface area contributed by atoms with Crippen molar-refractivity contribution >= 4 is 76.9 Å². The van der Waals surface area contributed by atoms with Gasteiger partial charge in [-0.3, -0.25) is 38.9 Å². The monoisotopic (exact) mass is 1500 g/mol. The summed E-state index contributed by atoms with van der Waals surface area (Å²) in [5.41, 5.74) is 5.77. The summed E-state index contributed by atoms with van der Waals surface area (Å²) in [6.07, 6.45) is -12.3. The normalized spacial score (nSPS) is 23.6. The number of Topliss-reactive ketones (excluding diaryl/α,β-unsaturated/α-hetero) is 1. The molecule has 109 heavy (non-hydrogen) atoms. The first-order chi connectivity index (χ1) is 52.0. The molecule has 3 fully saturated rings. The SMILES string of the molecule is CC(=O)O[C@H]1C(=O)[C@@]2(C)[C@H]([C@H](OC(=O)c3ccccc3)[C@]3(O)C[C@H](OC(=O)[C@H](OC(=O)OCc4ccc(NC(=O)OCc5ccc(NC(=O)[C@H](CCCCN)NC(=O)[C@H](Cc6ccccc6)NC(=O)[C@@H](C)N)cc5)cc4)[C@@H](NC(=O)c4ccccc4)c4ccccc4)C(C)=C1C3(C)C)[C@]1(OC(C)=O)CO[C@@H]1C[C@@H]2O. The minimum absolute atomic E-state index is 0.000393. The highest BCUT2D eigenvalue weighted by Gasteiger charge is 2.78. The molecule has 1 heterocycles. The standard InChI is InChI=1S/C81H91N7O21/c1-46-60(42-81(101)69(108-74(97)55-28-18-11-19-29-55)67-79(7,61(91)41-62-80(67,45-104-62)109-49(4)90)68(92)65(105-48(3)89)63(46)78(81,5)6)106-75(98)66(64(53-24-14-9-15-25-53)88-71(94)54-26-16-10-17-27-54)107-77(100)103-44-52-33-37-57(38-34-52)85-76(99)102-43-51-31-35-56(36-32-51)84-72(95)58(30-20-21-39-82)86-73(96)59(87-70(93)47(2)83)40-50-22-12-8-13-23-50/h8-19,22-29,31-38,47,58-62,64-67,69,91,101H,20-21,30,39-45,82-83H2,1-7H3,(H,84,95)(H,85,99)(H,86,96)(H,87,93)(H,88,94)/t47-,58+,59+,60+,61+,62-,64+,65-,66-,67+,69+,79-,80+,81-/m1/s1. The highest BCUT2D eigenvalue weighted by atomic mass is 16.7. The first-order valence-electron chi connectivity index (χ1n) is 35.9. The number of hydrogen-bond acceptors (Lipinski definition) is 23. The van der Waals surface area contributed by atoms with Crippen LogP contribution in [0.1, 0.15) is 130 Å². The lowest BCUT2D eigenvalue weighted by Gasteiger charge is -2.67. The van der Waals surface area contributed by atoms with Crippen LogP contribution < -0.4 is 38.1 Å². The molecule has 1 saturated heterocycles. The van der Waals surface area contributed by atoms with E-state index in [4.69, 9.17) is 49.4 Å². The molecule has 2 bridgehead atoms. The summed E-state index contributed by atoms with van der Waals surface area (Å²) in [5, 5.41) is 40.3. The summed E-state index contributed by atoms with van der Waals surface area (Å²) in [5.74, 6) is -9.14. The number of ketones is 1. The van der Waals surface area contributed by atoms with Gasteiger partial charge in [0.05, 0.1) is 35.6 Å². The molecule has 1 aliphatic heterocycles. The van der Waals surface area contributed by atoms with Gasteiger partial charge in [-0.15, -0.1) is 0 Å². The molecule has 0 spiro atoms. The maximum absolute atomic E-state index is 16.0. The molecule has 0 unspecified atom stereocenters. The van der Waals surface area contributed by atoms with Crippen molar-refractivity contribution in [2.24, 2.45) is 28.2 Å². The third-order valence-electron chi connectivity index (χ3n) is 20.7. The zero-order valence-electron chi connectivity index (χ0n) is 61.4. The quantitative estimate of drug-likeness (QED) is 0.00994. The number of anilines is 2. The van der Waals surface area contributed by atoms with Crippen molar-refractivity contribution in [1.29, 1.82) is 0 Å². The number of aliphatic hydroxyl groups is 2. The van der Waals surface area contributed by atoms with Crippen LogP contribution in [0.2, 0.25) is 0 Å². The third kappa shape index (κ3) is 18.2. The van der Waals surface area contributed by atoms with E-state index < -0.39 is 174 Å². The number of aliphatic hydroxyl groups excluding tert-OH is 1. The van der Waals surface area contributed by atoms with Crippen LogP contribution in [0.3, 0.4) is 0 Å². The van der Waals surface area contributed by atoms with E-state index in [2.05, 4.69) is 26.6 Å². The maximum atomic E-state index is 16.0. The van der Waals surface area contributed by atoms with Crippen LogP contribution in [-0.2, 0) is 91.1 Å². The van der Waals surface area contributed by atoms with Crippen molar-refractivity contribution < 1.29 is 101 Å². The Bertz CT molecular complexity index is 4340. The zero-order chi connectivity index (χ0) is 78.5. The average Bonchev–Trinajstić information content (AvgIpc) is 0.668. The molecule has 10 rings (SSSR count). The van der Waals surface area contributed by atoms with Crippen LogP contribution >= 0.6 is 0 Å². The predicted molar refractivity (Wildman–Crippen MR) is 393 cm³/mol. The Balaban J connectivity index is 0.858. The molecule has 11 N–H and O–H groups in total. The Morgan fingerprint density at radius 2 is 1.21 bits per heavy atom. The molecule has 28 heteroatoms. The lowest BCUT2D eigenvalue weighted by Crippen LogP contribution is -2.82. The minimum atomic E-state index is -2.56. The number of fused-ring (bicyclic) bond motifs is 5. The van der Waals surface area contributed by atoms with E-state index in [0.29, 0.717) is 36.2 Å². The van der Waals surface area contributed by atoms with Gasteiger partial charge >= 0.3 is 36.1 Å². The summed E-state index contributed by atoms with van der Waals surface area (Å²) in [6, 6.07) is 40.6. The summed E-state index contributed by atoms with van der Waals surface area (Å²) in [4.78, 5) is 155. The number of nitrogens with two attached hydrogens (primary N) is 2. The topological polar surface area (TPSA) is 414 Å². The molecule has 3 aliphatic carbocycles. The molecular weight excluding hydrogens is 1410 g/mol. The third-order valence-corrected chi connectivity index (χ3v) is 20.7. The molecular formula is C81H91N7O21. The van der Waals surface area contributed by atoms with Gasteiger partial charge in [0.2, 0.25) is 23.8 Å². The molecule has 5 amide bonds. The van der Waals surface area contributed by atoms with Gasteiger partial charge in [-0.2, -0.15) is 0 Å². The molecule has 0 radical (unpaired) electrons. The Morgan fingerprint density at radius 3 is 1.78 bits per heavy atom. The fourth-order valence-electron chi connectivity index (χ4n) is 14.9. The highest BCUT2D eigenvalue weighted by Crippen LogP contribution is 2.64. The van der Waals surface area contributed by atoms with Gasteiger partial charge in [-0.1, -0.05) is 135 Å². The second-order valence-electron chi connectivity index (χ2n) is 28.5. The van der Waals surface area contributed by atoms with Crippen molar-refractivity contribution in [2.45, 2.75) is 172 Å². The number of hydrogen-bond donors (Lipinski definition) is 9. The van der Waals surface area contributed by atoms with Crippen molar-refractivity contribution in [2.75, 3.05) is 23.8 Å². The summed E-state index contributed by atoms with van der Waals surface area (Å²) < 4.78 is 48.2. The van der Waals surface area contributed by atoms with Crippen molar-refractivity contribution in [3.05, 3.63) is 214 Å². The second-order valence-corrected chi connectivity index (χ2v) is 28.5. The van der Waals surface area contributed by atoms with Gasteiger partial charge in [-0.25, -0.2) is 19.2 Å². The number of amides is 5. The molecule has 14 atom stereocenters. The van der Waals surface area contributed by atoms with E-state index in [0.717, 1.165) is 19.4 Å². The smallest absolute Gasteiger partial charge is 0.455 e. The van der Waals surface area contributed by atoms with E-state index in [-0.39, 0.29) is 59.4 Å². The number of benzene rings is 6. The van der Waals surface area contributed by atoms with E-state index in [9.17, 15) is 53.4 Å². The Hall–Kier alpha value is -11.2. The fourth-order valence-corrected chi connectivity index (χ4v) is 14.9. The number of nitrogens with one attached hydrogen (secondary N) is 5. The van der Waals surface area contributed by atoms with E-state index in [1.807, 2.05) is 30.3 Å². The van der Waals surface area contributed by atoms with Crippen molar-refractivity contribution in [1.82, 2.24) is 16.0 Å². The molecule has 4 aliphatic rings. The van der Waals surface area contributed by atoms with Crippen molar-refractivity contribution in [3.63, 3.8) is 0 Å². The number of carbonyl (C=O) groups excluding carboxylic acids is 11. The average molecular weight is 1500 g/mol. The molecule has 6 aromatic rings.